The van der Waals surface area contributed by atoms with Gasteiger partial charge in [-0.2, -0.15) is 5.26 Å². The maximum atomic E-state index is 14.0. The number of halogens is 2. The molecule has 2 unspecified atom stereocenters. The molecule has 3 heterocycles. The molecule has 0 aliphatic carbocycles. The molecule has 3 aliphatic rings. The number of benzene rings is 2. The third-order valence-corrected chi connectivity index (χ3v) is 5.76. The van der Waals surface area contributed by atoms with E-state index in [1.165, 1.54) is 25.0 Å². The zero-order valence-corrected chi connectivity index (χ0v) is 14.6. The standard InChI is InChI=1S/C20H19ClFN3/c21-20-15(11-25-12-16-6-7-17(25)10-24-16)2-1-3-18(20)13-4-5-14(9-23)19(22)8-13/h1-5,8,16-17,24H,6-7,10-12H2. The Morgan fingerprint density at radius 1 is 1.28 bits per heavy atom. The van der Waals surface area contributed by atoms with Gasteiger partial charge in [-0.15, -0.1) is 0 Å². The number of nitrogens with one attached hydrogen (secondary N) is 1. The largest absolute Gasteiger partial charge is 0.311 e. The second kappa shape index (κ2) is 6.76. The molecule has 5 heteroatoms. The van der Waals surface area contributed by atoms with Gasteiger partial charge >= 0.3 is 0 Å². The second-order valence-corrected chi connectivity index (χ2v) is 7.23. The van der Waals surface area contributed by atoms with Gasteiger partial charge in [-0.25, -0.2) is 4.39 Å². The maximum Gasteiger partial charge on any atom is 0.141 e. The van der Waals surface area contributed by atoms with E-state index in [9.17, 15) is 4.39 Å². The Bertz CT molecular complexity index is 837. The second-order valence-electron chi connectivity index (χ2n) is 6.85. The summed E-state index contributed by atoms with van der Waals surface area (Å²) in [5.74, 6) is -0.513. The van der Waals surface area contributed by atoms with Crippen LogP contribution in [0.2, 0.25) is 5.02 Å². The average Bonchev–Trinajstić information content (AvgIpc) is 2.64. The van der Waals surface area contributed by atoms with Crippen LogP contribution in [-0.2, 0) is 6.54 Å². The lowest BCUT2D eigenvalue weighted by Crippen LogP contribution is -2.60. The number of nitriles is 1. The molecule has 3 fully saturated rings. The molecule has 128 valence electrons. The molecular formula is C20H19ClFN3. The van der Waals surface area contributed by atoms with Crippen molar-refractivity contribution in [2.24, 2.45) is 0 Å². The van der Waals surface area contributed by atoms with Gasteiger partial charge in [0.2, 0.25) is 0 Å². The Morgan fingerprint density at radius 2 is 2.16 bits per heavy atom. The number of rotatable bonds is 3. The number of piperazine rings is 1. The molecule has 0 aromatic heterocycles. The molecule has 3 saturated heterocycles. The zero-order chi connectivity index (χ0) is 17.4. The highest BCUT2D eigenvalue weighted by Gasteiger charge is 2.33. The van der Waals surface area contributed by atoms with Crippen molar-refractivity contribution in [1.29, 1.82) is 5.26 Å². The van der Waals surface area contributed by atoms with E-state index >= 15 is 0 Å². The molecular weight excluding hydrogens is 337 g/mol. The zero-order valence-electron chi connectivity index (χ0n) is 13.8. The smallest absolute Gasteiger partial charge is 0.141 e. The van der Waals surface area contributed by atoms with Crippen molar-refractivity contribution in [1.82, 2.24) is 10.2 Å². The summed E-state index contributed by atoms with van der Waals surface area (Å²) >= 11 is 6.66. The van der Waals surface area contributed by atoms with E-state index in [1.54, 1.807) is 6.07 Å². The van der Waals surface area contributed by atoms with Crippen molar-refractivity contribution in [3.8, 4) is 17.2 Å². The number of hydrogen-bond acceptors (Lipinski definition) is 3. The van der Waals surface area contributed by atoms with Crippen LogP contribution in [0, 0.1) is 17.1 Å². The van der Waals surface area contributed by atoms with Crippen molar-refractivity contribution < 1.29 is 4.39 Å². The van der Waals surface area contributed by atoms with Gasteiger partial charge in [0, 0.05) is 37.3 Å². The summed E-state index contributed by atoms with van der Waals surface area (Å²) in [6, 6.07) is 13.5. The van der Waals surface area contributed by atoms with Crippen molar-refractivity contribution in [2.45, 2.75) is 31.5 Å². The lowest BCUT2D eigenvalue weighted by atomic mass is 9.92. The molecule has 25 heavy (non-hydrogen) atoms. The van der Waals surface area contributed by atoms with Crippen molar-refractivity contribution in [2.75, 3.05) is 13.1 Å². The lowest BCUT2D eigenvalue weighted by molar-refractivity contribution is 0.0686. The summed E-state index contributed by atoms with van der Waals surface area (Å²) in [6.07, 6.45) is 2.48. The third kappa shape index (κ3) is 3.16. The molecule has 5 rings (SSSR count). The molecule has 3 nitrogen and oxygen atoms in total. The molecule has 2 aromatic rings. The molecule has 2 aromatic carbocycles. The monoisotopic (exact) mass is 355 g/mol. The number of fused-ring (bicyclic) bond motifs is 3. The van der Waals surface area contributed by atoms with E-state index in [0.29, 0.717) is 22.7 Å². The van der Waals surface area contributed by atoms with E-state index in [-0.39, 0.29) is 5.56 Å². The number of nitrogens with zero attached hydrogens (tertiary/aromatic N) is 2. The summed E-state index contributed by atoms with van der Waals surface area (Å²) in [5.41, 5.74) is 2.62. The van der Waals surface area contributed by atoms with Gasteiger partial charge in [0.1, 0.15) is 11.9 Å². The first-order valence-corrected chi connectivity index (χ1v) is 8.98. The van der Waals surface area contributed by atoms with Crippen molar-refractivity contribution >= 4 is 11.6 Å². The van der Waals surface area contributed by atoms with Crippen LogP contribution in [0.1, 0.15) is 24.0 Å². The van der Waals surface area contributed by atoms with Crippen LogP contribution in [0.3, 0.4) is 0 Å². The summed E-state index contributed by atoms with van der Waals surface area (Å²) in [5, 5.41) is 13.1. The van der Waals surface area contributed by atoms with Crippen LogP contribution in [0.25, 0.3) is 11.1 Å². The quantitative estimate of drug-likeness (QED) is 0.906. The summed E-state index contributed by atoms with van der Waals surface area (Å²) < 4.78 is 14.0. The van der Waals surface area contributed by atoms with E-state index in [0.717, 1.165) is 30.8 Å². The molecule has 3 aliphatic heterocycles. The van der Waals surface area contributed by atoms with Crippen LogP contribution in [-0.4, -0.2) is 30.1 Å². The molecule has 0 saturated carbocycles. The molecule has 1 N–H and O–H groups in total. The van der Waals surface area contributed by atoms with Gasteiger partial charge < -0.3 is 5.32 Å². The third-order valence-electron chi connectivity index (χ3n) is 5.31. The number of piperidine rings is 2. The minimum absolute atomic E-state index is 0.0490. The van der Waals surface area contributed by atoms with Gasteiger partial charge in [-0.1, -0.05) is 35.9 Å². The molecule has 2 bridgehead atoms. The SMILES string of the molecule is N#Cc1ccc(-c2cccc(CN3CC4CCC3CN4)c2Cl)cc1F. The summed E-state index contributed by atoms with van der Waals surface area (Å²) in [7, 11) is 0. The minimum Gasteiger partial charge on any atom is -0.311 e. The number of hydrogen-bond donors (Lipinski definition) is 1. The van der Waals surface area contributed by atoms with Gasteiger partial charge in [-0.05, 0) is 36.1 Å². The predicted molar refractivity (Wildman–Crippen MR) is 96.8 cm³/mol. The van der Waals surface area contributed by atoms with Crippen LogP contribution in [0.15, 0.2) is 36.4 Å². The molecule has 0 spiro atoms. The van der Waals surface area contributed by atoms with E-state index < -0.39 is 5.82 Å². The molecule has 0 amide bonds. The Balaban J connectivity index is 1.62. The minimum atomic E-state index is -0.513. The van der Waals surface area contributed by atoms with Crippen molar-refractivity contribution in [3.05, 3.63) is 58.4 Å². The highest BCUT2D eigenvalue weighted by molar-refractivity contribution is 6.34. The summed E-state index contributed by atoms with van der Waals surface area (Å²) in [4.78, 5) is 2.50. The van der Waals surface area contributed by atoms with Gasteiger partial charge in [0.05, 0.1) is 10.6 Å². The molecule has 0 radical (unpaired) electrons. The van der Waals surface area contributed by atoms with E-state index in [1.807, 2.05) is 24.3 Å². The molecule has 2 atom stereocenters. The van der Waals surface area contributed by atoms with Crippen LogP contribution in [0.4, 0.5) is 4.39 Å². The van der Waals surface area contributed by atoms with Gasteiger partial charge in [0.25, 0.3) is 0 Å². The highest BCUT2D eigenvalue weighted by atomic mass is 35.5. The fraction of sp³-hybridized carbons (Fsp3) is 0.350. The Hall–Kier alpha value is -1.93. The topological polar surface area (TPSA) is 39.1 Å². The maximum absolute atomic E-state index is 14.0. The normalized spacial score (nSPS) is 22.8. The van der Waals surface area contributed by atoms with Crippen molar-refractivity contribution in [3.63, 3.8) is 0 Å². The summed E-state index contributed by atoms with van der Waals surface area (Å²) in [6.45, 7) is 2.91. The van der Waals surface area contributed by atoms with Crippen LogP contribution >= 0.6 is 11.6 Å². The Morgan fingerprint density at radius 3 is 2.80 bits per heavy atom. The predicted octanol–water partition coefficient (Wildman–Crippen LogP) is 3.95. The fourth-order valence-corrected chi connectivity index (χ4v) is 4.21. The Labute approximate surface area is 152 Å². The average molecular weight is 356 g/mol. The van der Waals surface area contributed by atoms with Crippen LogP contribution < -0.4 is 5.32 Å². The van der Waals surface area contributed by atoms with Gasteiger partial charge in [0.15, 0.2) is 0 Å². The van der Waals surface area contributed by atoms with E-state index in [4.69, 9.17) is 16.9 Å². The fourth-order valence-electron chi connectivity index (χ4n) is 3.91. The lowest BCUT2D eigenvalue weighted by Gasteiger charge is -2.46. The van der Waals surface area contributed by atoms with Crippen LogP contribution in [0.5, 0.6) is 0 Å². The first kappa shape index (κ1) is 16.5. The first-order chi connectivity index (χ1) is 12.2. The first-order valence-electron chi connectivity index (χ1n) is 8.60. The highest BCUT2D eigenvalue weighted by Crippen LogP contribution is 2.33. The van der Waals surface area contributed by atoms with E-state index in [2.05, 4.69) is 10.2 Å². The van der Waals surface area contributed by atoms with Gasteiger partial charge in [-0.3, -0.25) is 4.90 Å². The Kier molecular flexibility index (Phi) is 4.47.